The maximum atomic E-state index is 2.61. The van der Waals surface area contributed by atoms with Gasteiger partial charge < -0.3 is 0 Å². The van der Waals surface area contributed by atoms with Gasteiger partial charge in [0.15, 0.2) is 0 Å². The van der Waals surface area contributed by atoms with Gasteiger partial charge in [-0.3, -0.25) is 0 Å². The summed E-state index contributed by atoms with van der Waals surface area (Å²) in [6, 6.07) is 18.1. The molecule has 0 atom stereocenters. The van der Waals surface area contributed by atoms with E-state index in [0.717, 1.165) is 0 Å². The van der Waals surface area contributed by atoms with Crippen LogP contribution in [0.1, 0.15) is 21.2 Å². The third-order valence-corrected chi connectivity index (χ3v) is 15.2. The van der Waals surface area contributed by atoms with Crippen LogP contribution in [0.4, 0.5) is 0 Å². The number of hydrogen-bond acceptors (Lipinski definition) is 0. The predicted molar refractivity (Wildman–Crippen MR) is 87.3 cm³/mol. The first-order valence-corrected chi connectivity index (χ1v) is 15.3. The Kier molecular flexibility index (Phi) is 3.15. The van der Waals surface area contributed by atoms with Gasteiger partial charge in [0.1, 0.15) is 0 Å². The van der Waals surface area contributed by atoms with E-state index in [2.05, 4.69) is 76.0 Å². The van der Waals surface area contributed by atoms with Crippen molar-refractivity contribution >= 4 is 0 Å². The van der Waals surface area contributed by atoms with Crippen LogP contribution in [0, 0.1) is 0 Å². The molecule has 0 unspecified atom stereocenters. The Morgan fingerprint density at radius 3 is 1.95 bits per heavy atom. The monoisotopic (exact) mass is 350 g/mol. The van der Waals surface area contributed by atoms with Gasteiger partial charge in [0.25, 0.3) is 0 Å². The molecule has 0 heterocycles. The van der Waals surface area contributed by atoms with Crippen LogP contribution < -0.4 is 0 Å². The summed E-state index contributed by atoms with van der Waals surface area (Å²) in [7, 11) is 0. The number of rotatable bonds is 2. The molecule has 0 saturated heterocycles. The van der Waals surface area contributed by atoms with E-state index in [1.165, 1.54) is 17.5 Å². The number of hydrogen-bond donors (Lipinski definition) is 0. The molecule has 0 bridgehead atoms. The van der Waals surface area contributed by atoms with Gasteiger partial charge in [-0.1, -0.05) is 0 Å². The van der Waals surface area contributed by atoms with Crippen LogP contribution in [-0.2, 0) is 20.3 Å². The molecule has 0 fully saturated rings. The van der Waals surface area contributed by atoms with Crippen molar-refractivity contribution in [3.8, 4) is 11.1 Å². The molecule has 2 aromatic rings. The molecule has 0 saturated carbocycles. The average molecular weight is 352 g/mol. The molecule has 0 amide bonds. The van der Waals surface area contributed by atoms with Crippen LogP contribution in [0.15, 0.2) is 70.0 Å². The van der Waals surface area contributed by atoms with Gasteiger partial charge in [-0.05, 0) is 0 Å². The zero-order valence-corrected chi connectivity index (χ0v) is 15.1. The van der Waals surface area contributed by atoms with Gasteiger partial charge in [-0.2, -0.15) is 0 Å². The van der Waals surface area contributed by atoms with Gasteiger partial charge in [0, 0.05) is 0 Å². The Morgan fingerprint density at radius 2 is 1.43 bits per heavy atom. The molecule has 0 aromatic heterocycles. The molecule has 1 heteroatoms. The normalized spacial score (nSPS) is 16.8. The molecule has 2 aromatic carbocycles. The summed E-state index contributed by atoms with van der Waals surface area (Å²) < 4.78 is 7.63. The standard InChI is InChI=1S/C13H9.C5H5.2CH3.Zr/c1-3-7-12-10(5-1)9-11-6-2-4-8-13(11)12;1-2-4-5-3-1;;;/h1-9H;1-3H,4H2;2*1H3;. The molecule has 0 N–H and O–H groups in total. The van der Waals surface area contributed by atoms with Gasteiger partial charge in [0.05, 0.1) is 0 Å². The van der Waals surface area contributed by atoms with E-state index >= 15 is 0 Å². The van der Waals surface area contributed by atoms with E-state index in [4.69, 9.17) is 0 Å². The summed E-state index contributed by atoms with van der Waals surface area (Å²) in [5.41, 5.74) is 6.09. The summed E-state index contributed by atoms with van der Waals surface area (Å²) in [5, 5.41) is 0. The fourth-order valence-electron chi connectivity index (χ4n) is 4.04. The summed E-state index contributed by atoms with van der Waals surface area (Å²) in [6.45, 7) is 0. The molecule has 2 aliphatic rings. The van der Waals surface area contributed by atoms with Gasteiger partial charge in [-0.25, -0.2) is 0 Å². The van der Waals surface area contributed by atoms with E-state index in [1.54, 1.807) is 14.4 Å². The van der Waals surface area contributed by atoms with Gasteiger partial charge in [-0.15, -0.1) is 0 Å². The van der Waals surface area contributed by atoms with Crippen molar-refractivity contribution in [3.63, 3.8) is 0 Å². The first kappa shape index (κ1) is 13.5. The first-order chi connectivity index (χ1) is 10.2. The fraction of sp³-hybridized carbons (Fsp3) is 0.200. The van der Waals surface area contributed by atoms with Gasteiger partial charge >= 0.3 is 132 Å². The van der Waals surface area contributed by atoms with Crippen molar-refractivity contribution in [1.29, 1.82) is 0 Å². The molecule has 0 aliphatic heterocycles. The second-order valence-electron chi connectivity index (χ2n) is 6.65. The molecule has 104 valence electrons. The topological polar surface area (TPSA) is 0 Å². The molecule has 0 radical (unpaired) electrons. The molecule has 0 spiro atoms. The first-order valence-electron chi connectivity index (χ1n) is 7.74. The summed E-state index contributed by atoms with van der Waals surface area (Å²) in [4.78, 5) is 0. The van der Waals surface area contributed by atoms with Crippen LogP contribution >= 0.6 is 0 Å². The Labute approximate surface area is 131 Å². The van der Waals surface area contributed by atoms with E-state index in [9.17, 15) is 0 Å². The Morgan fingerprint density at radius 1 is 0.857 bits per heavy atom. The van der Waals surface area contributed by atoms with Gasteiger partial charge in [0.2, 0.25) is 0 Å². The van der Waals surface area contributed by atoms with Crippen molar-refractivity contribution in [2.24, 2.45) is 0 Å². The van der Waals surface area contributed by atoms with E-state index < -0.39 is 20.3 Å². The Bertz CT molecular complexity index is 719. The predicted octanol–water partition coefficient (Wildman–Crippen LogP) is 5.85. The summed E-state index contributed by atoms with van der Waals surface area (Å²) in [6.07, 6.45) is 8.16. The molecule has 2 aliphatic carbocycles. The molecular weight excluding hydrogens is 331 g/mol. The molecule has 4 rings (SSSR count). The van der Waals surface area contributed by atoms with Crippen LogP contribution in [-0.4, -0.2) is 0 Å². The molecular formula is C20H20Zr. The minimum absolute atomic E-state index is 0.665. The number of fused-ring (bicyclic) bond motifs is 3. The average Bonchev–Trinajstić information content (AvgIpc) is 3.14. The van der Waals surface area contributed by atoms with Crippen LogP contribution in [0.5, 0.6) is 0 Å². The Hall–Kier alpha value is -1.20. The molecule has 21 heavy (non-hydrogen) atoms. The van der Waals surface area contributed by atoms with E-state index in [-0.39, 0.29) is 0 Å². The van der Waals surface area contributed by atoms with Crippen molar-refractivity contribution in [1.82, 2.24) is 0 Å². The quantitative estimate of drug-likeness (QED) is 0.636. The van der Waals surface area contributed by atoms with Crippen LogP contribution in [0.2, 0.25) is 9.26 Å². The third-order valence-electron chi connectivity index (χ3n) is 5.15. The number of allylic oxidation sites excluding steroid dienone is 4. The molecule has 0 nitrogen and oxygen atoms in total. The summed E-state index contributed by atoms with van der Waals surface area (Å²) in [5.74, 6) is 0. The SMILES string of the molecule is [CH3][Zr]([CH3])([C]1=CC=CC1)[CH]1c2ccccc2-c2ccccc21. The van der Waals surface area contributed by atoms with E-state index in [1.807, 2.05) is 0 Å². The van der Waals surface area contributed by atoms with Crippen molar-refractivity contribution in [2.75, 3.05) is 0 Å². The second kappa shape index (κ2) is 4.92. The second-order valence-corrected chi connectivity index (χ2v) is 18.1. The van der Waals surface area contributed by atoms with E-state index in [0.29, 0.717) is 3.63 Å². The number of benzene rings is 2. The van der Waals surface area contributed by atoms with Crippen molar-refractivity contribution in [2.45, 2.75) is 19.3 Å². The third kappa shape index (κ3) is 1.98. The zero-order valence-electron chi connectivity index (χ0n) is 12.6. The summed E-state index contributed by atoms with van der Waals surface area (Å²) >= 11 is -2.40. The van der Waals surface area contributed by atoms with Crippen molar-refractivity contribution < 1.29 is 20.3 Å². The minimum atomic E-state index is -2.40. The fourth-order valence-corrected chi connectivity index (χ4v) is 12.9. The Balaban J connectivity index is 1.93. The zero-order chi connectivity index (χ0) is 14.4. The van der Waals surface area contributed by atoms with Crippen LogP contribution in [0.25, 0.3) is 11.1 Å². The van der Waals surface area contributed by atoms with Crippen molar-refractivity contribution in [3.05, 3.63) is 81.2 Å². The van der Waals surface area contributed by atoms with Crippen LogP contribution in [0.3, 0.4) is 0 Å². The maximum absolute atomic E-state index is 2.61.